The number of nitrogens with one attached hydrogen (secondary N) is 2. The first kappa shape index (κ1) is 21.1. The van der Waals surface area contributed by atoms with Crippen molar-refractivity contribution in [2.24, 2.45) is 0 Å². The van der Waals surface area contributed by atoms with Gasteiger partial charge in [-0.2, -0.15) is 0 Å². The van der Waals surface area contributed by atoms with E-state index < -0.39 is 0 Å². The minimum Gasteiger partial charge on any atom is -0.493 e. The maximum absolute atomic E-state index is 12.7. The maximum Gasteiger partial charge on any atom is 0.228 e. The lowest BCUT2D eigenvalue weighted by molar-refractivity contribution is -0.115. The number of ether oxygens (including phenoxy) is 2. The van der Waals surface area contributed by atoms with Crippen LogP contribution < -0.4 is 20.1 Å². The summed E-state index contributed by atoms with van der Waals surface area (Å²) < 4.78 is 10.6. The molecular weight excluding hydrogens is 380 g/mol. The molecule has 3 aromatic rings. The fraction of sp³-hybridized carbons (Fsp3) is 0.261. The molecule has 0 saturated heterocycles. The predicted molar refractivity (Wildman–Crippen MR) is 118 cm³/mol. The van der Waals surface area contributed by atoms with Crippen LogP contribution in [0.5, 0.6) is 11.5 Å². The average molecular weight is 406 g/mol. The van der Waals surface area contributed by atoms with E-state index in [9.17, 15) is 4.79 Å². The summed E-state index contributed by atoms with van der Waals surface area (Å²) in [7, 11) is 3.16. The van der Waals surface area contributed by atoms with Gasteiger partial charge in [0.1, 0.15) is 12.1 Å². The highest BCUT2D eigenvalue weighted by atomic mass is 16.5. The van der Waals surface area contributed by atoms with Crippen LogP contribution in [0.15, 0.2) is 48.8 Å². The minimum atomic E-state index is -0.105. The van der Waals surface area contributed by atoms with Gasteiger partial charge in [-0.15, -0.1) is 0 Å². The van der Waals surface area contributed by atoms with Crippen molar-refractivity contribution >= 4 is 23.1 Å². The highest BCUT2D eigenvalue weighted by molar-refractivity contribution is 5.93. The van der Waals surface area contributed by atoms with Gasteiger partial charge in [-0.3, -0.25) is 4.79 Å². The van der Waals surface area contributed by atoms with Crippen molar-refractivity contribution in [3.05, 3.63) is 65.6 Å². The first-order chi connectivity index (χ1) is 14.5. The third kappa shape index (κ3) is 5.26. The molecule has 0 aliphatic carbocycles. The van der Waals surface area contributed by atoms with Crippen LogP contribution in [0.25, 0.3) is 0 Å². The Labute approximate surface area is 176 Å². The zero-order chi connectivity index (χ0) is 21.5. The number of hydrogen-bond acceptors (Lipinski definition) is 6. The Morgan fingerprint density at radius 3 is 2.50 bits per heavy atom. The molecule has 3 rings (SSSR count). The SMILES string of the molecule is CCc1ccc(Nc2cc(C)ncn2)cc1NC(=O)Cc1ccc(OC)c(OC)c1. The Hall–Kier alpha value is -3.61. The molecule has 0 spiro atoms. The quantitative estimate of drug-likeness (QED) is 0.580. The molecule has 0 saturated carbocycles. The summed E-state index contributed by atoms with van der Waals surface area (Å²) in [6.07, 6.45) is 2.55. The molecule has 0 bridgehead atoms. The van der Waals surface area contributed by atoms with Crippen LogP contribution in [-0.2, 0) is 17.6 Å². The van der Waals surface area contributed by atoms with Gasteiger partial charge < -0.3 is 20.1 Å². The summed E-state index contributed by atoms with van der Waals surface area (Å²) in [5.74, 6) is 1.83. The Kier molecular flexibility index (Phi) is 6.85. The number of amides is 1. The Bertz CT molecular complexity index is 1040. The highest BCUT2D eigenvalue weighted by Crippen LogP contribution is 2.28. The van der Waals surface area contributed by atoms with Crippen molar-refractivity contribution in [1.29, 1.82) is 0 Å². The number of carbonyl (C=O) groups is 1. The Balaban J connectivity index is 1.75. The largest absolute Gasteiger partial charge is 0.493 e. The van der Waals surface area contributed by atoms with Gasteiger partial charge in [0.2, 0.25) is 5.91 Å². The lowest BCUT2D eigenvalue weighted by Gasteiger charge is -2.14. The van der Waals surface area contributed by atoms with E-state index in [2.05, 4.69) is 27.5 Å². The van der Waals surface area contributed by atoms with Gasteiger partial charge in [-0.05, 0) is 48.7 Å². The van der Waals surface area contributed by atoms with E-state index in [1.165, 1.54) is 6.33 Å². The molecular formula is C23H26N4O3. The summed E-state index contributed by atoms with van der Waals surface area (Å²) in [5, 5.41) is 6.28. The number of rotatable bonds is 8. The van der Waals surface area contributed by atoms with Gasteiger partial charge in [0, 0.05) is 23.1 Å². The normalized spacial score (nSPS) is 10.4. The van der Waals surface area contributed by atoms with Crippen LogP contribution >= 0.6 is 0 Å². The summed E-state index contributed by atoms with van der Waals surface area (Å²) in [6.45, 7) is 3.97. The molecule has 7 heteroatoms. The molecule has 0 unspecified atom stereocenters. The molecule has 2 aromatic carbocycles. The van der Waals surface area contributed by atoms with Gasteiger partial charge in [0.05, 0.1) is 20.6 Å². The summed E-state index contributed by atoms with van der Waals surface area (Å²) >= 11 is 0. The van der Waals surface area contributed by atoms with E-state index in [4.69, 9.17) is 9.47 Å². The number of nitrogens with zero attached hydrogens (tertiary/aromatic N) is 2. The van der Waals surface area contributed by atoms with Gasteiger partial charge in [0.25, 0.3) is 0 Å². The maximum atomic E-state index is 12.7. The number of carbonyl (C=O) groups excluding carboxylic acids is 1. The van der Waals surface area contributed by atoms with Crippen molar-refractivity contribution in [3.63, 3.8) is 0 Å². The zero-order valence-corrected chi connectivity index (χ0v) is 17.7. The summed E-state index contributed by atoms with van der Waals surface area (Å²) in [4.78, 5) is 21.0. The van der Waals surface area contributed by atoms with Crippen LogP contribution in [0.3, 0.4) is 0 Å². The number of benzene rings is 2. The fourth-order valence-electron chi connectivity index (χ4n) is 3.12. The number of hydrogen-bond donors (Lipinski definition) is 2. The first-order valence-corrected chi connectivity index (χ1v) is 9.71. The van der Waals surface area contributed by atoms with Gasteiger partial charge in [-0.25, -0.2) is 9.97 Å². The molecule has 30 heavy (non-hydrogen) atoms. The highest BCUT2D eigenvalue weighted by Gasteiger charge is 2.11. The van der Waals surface area contributed by atoms with Crippen LogP contribution in [0, 0.1) is 6.92 Å². The van der Waals surface area contributed by atoms with E-state index in [0.29, 0.717) is 17.3 Å². The third-order valence-electron chi connectivity index (χ3n) is 4.65. The van der Waals surface area contributed by atoms with E-state index >= 15 is 0 Å². The van der Waals surface area contributed by atoms with Gasteiger partial charge >= 0.3 is 0 Å². The van der Waals surface area contributed by atoms with Gasteiger partial charge in [-0.1, -0.05) is 19.1 Å². The number of anilines is 3. The molecule has 0 aliphatic rings. The Morgan fingerprint density at radius 1 is 1.00 bits per heavy atom. The summed E-state index contributed by atoms with van der Waals surface area (Å²) in [5.41, 5.74) is 4.39. The predicted octanol–water partition coefficient (Wildman–Crippen LogP) is 4.29. The molecule has 1 aromatic heterocycles. The van der Waals surface area contributed by atoms with Crippen molar-refractivity contribution < 1.29 is 14.3 Å². The van der Waals surface area contributed by atoms with Crippen molar-refractivity contribution in [2.75, 3.05) is 24.9 Å². The second-order valence-electron chi connectivity index (χ2n) is 6.81. The lowest BCUT2D eigenvalue weighted by Crippen LogP contribution is -2.16. The van der Waals surface area contributed by atoms with Crippen LogP contribution in [0.2, 0.25) is 0 Å². The van der Waals surface area contributed by atoms with E-state index in [-0.39, 0.29) is 12.3 Å². The molecule has 2 N–H and O–H groups in total. The lowest BCUT2D eigenvalue weighted by atomic mass is 10.1. The molecule has 1 heterocycles. The fourth-order valence-corrected chi connectivity index (χ4v) is 3.12. The van der Waals surface area contributed by atoms with E-state index in [0.717, 1.165) is 34.6 Å². The average Bonchev–Trinajstić information content (AvgIpc) is 2.74. The first-order valence-electron chi connectivity index (χ1n) is 9.71. The number of aromatic nitrogens is 2. The number of methoxy groups -OCH3 is 2. The Morgan fingerprint density at radius 2 is 1.80 bits per heavy atom. The van der Waals surface area contributed by atoms with Crippen LogP contribution in [0.4, 0.5) is 17.2 Å². The smallest absolute Gasteiger partial charge is 0.228 e. The molecule has 0 atom stereocenters. The topological polar surface area (TPSA) is 85.4 Å². The van der Waals surface area contributed by atoms with E-state index in [1.807, 2.05) is 43.3 Å². The van der Waals surface area contributed by atoms with Crippen molar-refractivity contribution in [1.82, 2.24) is 9.97 Å². The molecule has 156 valence electrons. The molecule has 7 nitrogen and oxygen atoms in total. The van der Waals surface area contributed by atoms with Crippen molar-refractivity contribution in [2.45, 2.75) is 26.7 Å². The van der Waals surface area contributed by atoms with E-state index in [1.54, 1.807) is 20.3 Å². The molecule has 1 amide bonds. The minimum absolute atomic E-state index is 0.105. The molecule has 0 aliphatic heterocycles. The van der Waals surface area contributed by atoms with Gasteiger partial charge in [0.15, 0.2) is 11.5 Å². The standard InChI is InChI=1S/C23H26N4O3/c1-5-17-7-8-18(26-22-10-15(2)24-14-25-22)13-19(17)27-23(28)12-16-6-9-20(29-3)21(11-16)30-4/h6-11,13-14H,5,12H2,1-4H3,(H,27,28)(H,24,25,26). The third-order valence-corrected chi connectivity index (χ3v) is 4.65. The number of aryl methyl sites for hydroxylation is 2. The molecule has 0 fully saturated rings. The van der Waals surface area contributed by atoms with Crippen LogP contribution in [0.1, 0.15) is 23.7 Å². The van der Waals surface area contributed by atoms with Crippen LogP contribution in [-0.4, -0.2) is 30.1 Å². The molecule has 0 radical (unpaired) electrons. The van der Waals surface area contributed by atoms with Crippen molar-refractivity contribution in [3.8, 4) is 11.5 Å². The summed E-state index contributed by atoms with van der Waals surface area (Å²) in [6, 6.07) is 13.2. The second-order valence-corrected chi connectivity index (χ2v) is 6.81. The second kappa shape index (κ2) is 9.73. The zero-order valence-electron chi connectivity index (χ0n) is 17.7. The monoisotopic (exact) mass is 406 g/mol.